The molecule has 0 saturated carbocycles. The zero-order valence-electron chi connectivity index (χ0n) is 27.5. The average molecular weight is 719 g/mol. The molecule has 0 spiro atoms. The summed E-state index contributed by atoms with van der Waals surface area (Å²) in [5.74, 6) is -1.72. The van der Waals surface area contributed by atoms with Crippen LogP contribution in [0.25, 0.3) is 11.1 Å². The van der Waals surface area contributed by atoms with Crippen molar-refractivity contribution in [3.05, 3.63) is 83.7 Å². The summed E-state index contributed by atoms with van der Waals surface area (Å²) < 4.78 is 36.6. The summed E-state index contributed by atoms with van der Waals surface area (Å²) in [4.78, 5) is 39.4. The van der Waals surface area contributed by atoms with E-state index in [2.05, 4.69) is 26.6 Å². The number of alkyl halides is 1. The van der Waals surface area contributed by atoms with Crippen LogP contribution in [0.5, 0.6) is 0 Å². The van der Waals surface area contributed by atoms with Crippen molar-refractivity contribution in [3.63, 3.8) is 0 Å². The molecule has 12 heteroatoms. The number of ether oxygens (including phenoxy) is 1. The largest absolute Gasteiger partial charge is 0.378 e. The quantitative estimate of drug-likeness (QED) is 0.132. The van der Waals surface area contributed by atoms with Gasteiger partial charge in [-0.25, -0.2) is 8.78 Å². The Labute approximate surface area is 284 Å². The zero-order chi connectivity index (χ0) is 34.6. The van der Waals surface area contributed by atoms with Gasteiger partial charge in [0.15, 0.2) is 0 Å². The van der Waals surface area contributed by atoms with Crippen LogP contribution >= 0.6 is 15.9 Å². The Morgan fingerprint density at radius 3 is 2.34 bits per heavy atom. The molecule has 256 valence electrons. The minimum atomic E-state index is -0.881. The number of hydrogen-bond acceptors (Lipinski definition) is 5. The third-order valence-electron chi connectivity index (χ3n) is 7.65. The number of nitrogens with two attached hydrogens (primary N) is 1. The van der Waals surface area contributed by atoms with E-state index >= 15 is 0 Å². The summed E-state index contributed by atoms with van der Waals surface area (Å²) in [5.41, 5.74) is 8.17. The number of rotatable bonds is 17. The highest BCUT2D eigenvalue weighted by Crippen LogP contribution is 2.41. The van der Waals surface area contributed by atoms with E-state index in [9.17, 15) is 23.2 Å². The molecule has 1 unspecified atom stereocenters. The Bertz CT molecular complexity index is 1480. The fraction of sp³-hybridized carbons (Fsp3) is 0.457. The number of hydrogen-bond donors (Lipinski definition) is 3. The molecule has 3 rings (SSSR count). The highest BCUT2D eigenvalue weighted by Gasteiger charge is 2.37. The number of carbonyl (C=O) groups is 3. The second kappa shape index (κ2) is 18.1. The van der Waals surface area contributed by atoms with Crippen LogP contribution in [0.15, 0.2) is 60.8 Å². The highest BCUT2D eigenvalue weighted by molar-refractivity contribution is 9.09. The minimum absolute atomic E-state index is 0.121. The van der Waals surface area contributed by atoms with Crippen LogP contribution in [0, 0.1) is 17.0 Å². The summed E-state index contributed by atoms with van der Waals surface area (Å²) in [5, 5.41) is 5.65. The van der Waals surface area contributed by atoms with E-state index in [-0.39, 0.29) is 61.2 Å². The number of nitrogens with one attached hydrogen (secondary N) is 2. The summed E-state index contributed by atoms with van der Waals surface area (Å²) in [6.45, 7) is 9.66. The van der Waals surface area contributed by atoms with Crippen LogP contribution in [0.1, 0.15) is 57.8 Å². The van der Waals surface area contributed by atoms with Gasteiger partial charge in [0.1, 0.15) is 11.6 Å². The van der Waals surface area contributed by atoms with Gasteiger partial charge in [-0.15, -0.1) is 0 Å². The Morgan fingerprint density at radius 2 is 1.70 bits per heavy atom. The van der Waals surface area contributed by atoms with E-state index in [1.165, 1.54) is 6.07 Å². The van der Waals surface area contributed by atoms with E-state index < -0.39 is 29.1 Å². The van der Waals surface area contributed by atoms with Gasteiger partial charge in [-0.1, -0.05) is 74.0 Å². The number of halogens is 3. The first-order chi connectivity index (χ1) is 22.3. The second-order valence-corrected chi connectivity index (χ2v) is 12.9. The molecule has 4 N–H and O–H groups in total. The van der Waals surface area contributed by atoms with E-state index in [1.54, 1.807) is 18.0 Å². The smallest absolute Gasteiger partial charge is 0.237 e. The maximum atomic E-state index is 15.0. The molecule has 3 aromatic rings. The van der Waals surface area contributed by atoms with E-state index in [1.807, 2.05) is 61.7 Å². The van der Waals surface area contributed by atoms with Crippen molar-refractivity contribution in [2.24, 2.45) is 11.1 Å². The topological polar surface area (TPSA) is 119 Å². The first-order valence-corrected chi connectivity index (χ1v) is 16.9. The van der Waals surface area contributed by atoms with Gasteiger partial charge in [0.05, 0.1) is 30.6 Å². The summed E-state index contributed by atoms with van der Waals surface area (Å²) >= 11 is 3.07. The van der Waals surface area contributed by atoms with Crippen molar-refractivity contribution in [2.75, 3.05) is 38.2 Å². The Hall–Kier alpha value is -3.61. The van der Waals surface area contributed by atoms with E-state index in [0.717, 1.165) is 23.4 Å². The van der Waals surface area contributed by atoms with Gasteiger partial charge < -0.3 is 30.6 Å². The van der Waals surface area contributed by atoms with Gasteiger partial charge in [0.25, 0.3) is 0 Å². The molecule has 0 aliphatic rings. The Kier molecular flexibility index (Phi) is 14.6. The lowest BCUT2D eigenvalue weighted by molar-refractivity contribution is -0.137. The fourth-order valence-corrected chi connectivity index (χ4v) is 5.61. The number of aromatic nitrogens is 1. The number of benzene rings is 2. The predicted octanol–water partition coefficient (Wildman–Crippen LogP) is 5.17. The van der Waals surface area contributed by atoms with Crippen molar-refractivity contribution in [2.45, 2.75) is 59.2 Å². The lowest BCUT2D eigenvalue weighted by Crippen LogP contribution is -2.47. The van der Waals surface area contributed by atoms with Gasteiger partial charge in [-0.05, 0) is 41.7 Å². The summed E-state index contributed by atoms with van der Waals surface area (Å²) in [6, 6.07) is 13.6. The summed E-state index contributed by atoms with van der Waals surface area (Å²) in [7, 11) is 0. The maximum absolute atomic E-state index is 15.0. The number of carbonyl (C=O) groups excluding carboxylic acids is 3. The molecule has 2 atom stereocenters. The van der Waals surface area contributed by atoms with Crippen molar-refractivity contribution in [1.82, 2.24) is 20.1 Å². The van der Waals surface area contributed by atoms with Crippen LogP contribution in [0.3, 0.4) is 0 Å². The van der Waals surface area contributed by atoms with Gasteiger partial charge in [-0.2, -0.15) is 0 Å². The van der Waals surface area contributed by atoms with Crippen molar-refractivity contribution in [1.29, 1.82) is 0 Å². The number of amides is 3. The molecular formula is C35H46BrF2N5O4. The van der Waals surface area contributed by atoms with E-state index in [4.69, 9.17) is 10.5 Å². The van der Waals surface area contributed by atoms with E-state index in [0.29, 0.717) is 25.3 Å². The molecule has 2 aromatic carbocycles. The molecule has 1 heterocycles. The molecule has 0 bridgehead atoms. The molecule has 0 aliphatic carbocycles. The molecule has 1 aromatic heterocycles. The normalized spacial score (nSPS) is 12.8. The minimum Gasteiger partial charge on any atom is -0.378 e. The van der Waals surface area contributed by atoms with Crippen LogP contribution < -0.4 is 16.4 Å². The molecule has 3 amide bonds. The number of nitrogens with zero attached hydrogens (tertiary/aromatic N) is 2. The van der Waals surface area contributed by atoms with Gasteiger partial charge in [0, 0.05) is 55.6 Å². The fourth-order valence-electron chi connectivity index (χ4n) is 5.41. The highest BCUT2D eigenvalue weighted by atomic mass is 79.9. The first-order valence-electron chi connectivity index (χ1n) is 15.8. The van der Waals surface area contributed by atoms with Crippen molar-refractivity contribution >= 4 is 33.7 Å². The molecule has 9 nitrogen and oxygen atoms in total. The van der Waals surface area contributed by atoms with Crippen molar-refractivity contribution in [3.8, 4) is 11.1 Å². The third-order valence-corrected chi connectivity index (χ3v) is 8.16. The molecule has 47 heavy (non-hydrogen) atoms. The first kappa shape index (κ1) is 37.8. The van der Waals surface area contributed by atoms with Crippen LogP contribution in [-0.4, -0.2) is 71.4 Å². The molecule has 0 saturated heterocycles. The lowest BCUT2D eigenvalue weighted by Gasteiger charge is -2.41. The van der Waals surface area contributed by atoms with Crippen LogP contribution in [0.4, 0.5) is 8.78 Å². The second-order valence-electron chi connectivity index (χ2n) is 12.4. The predicted molar refractivity (Wildman–Crippen MR) is 183 cm³/mol. The van der Waals surface area contributed by atoms with Gasteiger partial charge >= 0.3 is 0 Å². The third kappa shape index (κ3) is 11.3. The Morgan fingerprint density at radius 1 is 1.02 bits per heavy atom. The van der Waals surface area contributed by atoms with Crippen LogP contribution in [0.2, 0.25) is 0 Å². The monoisotopic (exact) mass is 717 g/mol. The maximum Gasteiger partial charge on any atom is 0.237 e. The molecular weight excluding hydrogens is 672 g/mol. The van der Waals surface area contributed by atoms with Gasteiger partial charge in [-0.3, -0.25) is 14.4 Å². The van der Waals surface area contributed by atoms with Crippen molar-refractivity contribution < 1.29 is 27.9 Å². The molecule has 0 radical (unpaired) electrons. The lowest BCUT2D eigenvalue weighted by atomic mass is 9.82. The molecule has 0 aliphatic heterocycles. The molecule has 0 fully saturated rings. The zero-order valence-corrected chi connectivity index (χ0v) is 29.1. The Balaban J connectivity index is 1.83. The average Bonchev–Trinajstić information content (AvgIpc) is 3.44. The SMILES string of the molecule is CCC(=O)N(CC[C@H](N)C(=O)NCCOCCNC(=O)CBr)C(c1cc(-c2cc(F)ccc2F)cn1Cc1ccccc1)C(C)(C)C. The standard InChI is InChI=1S/C35H46BrF2N5O4/c1-5-32(45)43(16-13-29(39)34(46)41-15-18-47-17-14-40-31(44)21-36)33(35(2,3)4)30-19-25(27-20-26(37)11-12-28(27)38)23-42(30)22-24-9-7-6-8-10-24/h6-12,19-20,23,29,33H,5,13-18,21-22,39H2,1-4H3,(H,40,44)(H,41,46)/t29-,33?/m0/s1. The summed E-state index contributed by atoms with van der Waals surface area (Å²) in [6.07, 6.45) is 2.23. The van der Waals surface area contributed by atoms with Crippen LogP contribution in [-0.2, 0) is 25.7 Å². The van der Waals surface area contributed by atoms with Gasteiger partial charge in [0.2, 0.25) is 17.7 Å².